The van der Waals surface area contributed by atoms with Crippen molar-refractivity contribution in [2.45, 2.75) is 13.3 Å². The van der Waals surface area contributed by atoms with Crippen molar-refractivity contribution in [3.63, 3.8) is 0 Å². The van der Waals surface area contributed by atoms with Crippen molar-refractivity contribution in [2.24, 2.45) is 0 Å². The van der Waals surface area contributed by atoms with Gasteiger partial charge in [0.2, 0.25) is 0 Å². The molecule has 0 radical (unpaired) electrons. The summed E-state index contributed by atoms with van der Waals surface area (Å²) in [5, 5.41) is 5.07. The van der Waals surface area contributed by atoms with Crippen LogP contribution in [-0.2, 0) is 6.42 Å². The van der Waals surface area contributed by atoms with E-state index >= 15 is 0 Å². The zero-order valence-electron chi connectivity index (χ0n) is 9.43. The van der Waals surface area contributed by atoms with Crippen LogP contribution >= 0.6 is 11.3 Å². The number of hydrogen-bond acceptors (Lipinski definition) is 4. The zero-order valence-corrected chi connectivity index (χ0v) is 10.3. The van der Waals surface area contributed by atoms with Crippen LogP contribution in [0.4, 0.5) is 5.82 Å². The number of nitrogens with two attached hydrogens (primary N) is 1. The molecule has 0 saturated heterocycles. The average Bonchev–Trinajstić information content (AvgIpc) is 2.91. The van der Waals surface area contributed by atoms with Crippen molar-refractivity contribution in [2.75, 3.05) is 5.73 Å². The number of aromatic nitrogens is 1. The second kappa shape index (κ2) is 3.89. The Balaban J connectivity index is 2.20. The van der Waals surface area contributed by atoms with Gasteiger partial charge < -0.3 is 10.3 Å². The van der Waals surface area contributed by atoms with E-state index in [0.29, 0.717) is 5.82 Å². The van der Waals surface area contributed by atoms with E-state index in [1.165, 1.54) is 10.1 Å². The number of nitrogens with zero attached hydrogens (tertiary/aromatic N) is 1. The Hall–Kier alpha value is -1.81. The number of benzene rings is 1. The second-order valence-corrected chi connectivity index (χ2v) is 4.96. The van der Waals surface area contributed by atoms with E-state index in [2.05, 4.69) is 30.3 Å². The van der Waals surface area contributed by atoms with Crippen molar-refractivity contribution in [1.29, 1.82) is 0 Å². The quantitative estimate of drug-likeness (QED) is 0.747. The normalized spacial score (nSPS) is 11.1. The summed E-state index contributed by atoms with van der Waals surface area (Å²) in [5.41, 5.74) is 6.78. The molecule has 3 aromatic rings. The average molecular weight is 244 g/mol. The number of thiophene rings is 1. The van der Waals surface area contributed by atoms with Crippen LogP contribution < -0.4 is 5.73 Å². The summed E-state index contributed by atoms with van der Waals surface area (Å²) in [6, 6.07) is 10.4. The SMILES string of the molecule is CCc1c(N)noc1-c1cc2ccccc2s1. The maximum absolute atomic E-state index is 5.78. The standard InChI is InChI=1S/C13H12N2OS/c1-2-9-12(16-15-13(9)14)11-7-8-5-3-4-6-10(8)17-11/h3-7H,2H2,1H3,(H2,14,15). The molecule has 0 fully saturated rings. The minimum Gasteiger partial charge on any atom is -0.381 e. The molecule has 4 heteroatoms. The van der Waals surface area contributed by atoms with Gasteiger partial charge in [-0.05, 0) is 23.9 Å². The van der Waals surface area contributed by atoms with E-state index in [1.54, 1.807) is 11.3 Å². The van der Waals surface area contributed by atoms with Gasteiger partial charge in [-0.3, -0.25) is 0 Å². The molecule has 0 aliphatic heterocycles. The molecule has 2 heterocycles. The van der Waals surface area contributed by atoms with Gasteiger partial charge in [-0.15, -0.1) is 11.3 Å². The summed E-state index contributed by atoms with van der Waals surface area (Å²) in [6.07, 6.45) is 0.832. The van der Waals surface area contributed by atoms with Gasteiger partial charge in [0, 0.05) is 10.3 Å². The number of rotatable bonds is 2. The lowest BCUT2D eigenvalue weighted by molar-refractivity contribution is 0.436. The third-order valence-corrected chi connectivity index (χ3v) is 3.94. The Morgan fingerprint density at radius 2 is 2.18 bits per heavy atom. The van der Waals surface area contributed by atoms with Crippen LogP contribution in [-0.4, -0.2) is 5.16 Å². The molecular weight excluding hydrogens is 232 g/mol. The van der Waals surface area contributed by atoms with E-state index in [9.17, 15) is 0 Å². The molecule has 0 bridgehead atoms. The Morgan fingerprint density at radius 1 is 1.35 bits per heavy atom. The third-order valence-electron chi connectivity index (χ3n) is 2.82. The molecule has 0 aliphatic carbocycles. The molecule has 0 spiro atoms. The first-order valence-electron chi connectivity index (χ1n) is 5.52. The van der Waals surface area contributed by atoms with Crippen molar-refractivity contribution in [3.8, 4) is 10.6 Å². The third kappa shape index (κ3) is 1.61. The van der Waals surface area contributed by atoms with Crippen LogP contribution in [0, 0.1) is 0 Å². The van der Waals surface area contributed by atoms with E-state index < -0.39 is 0 Å². The fourth-order valence-corrected chi connectivity index (χ4v) is 3.02. The Bertz CT molecular complexity index is 636. The summed E-state index contributed by atoms with van der Waals surface area (Å²) in [7, 11) is 0. The van der Waals surface area contributed by atoms with Gasteiger partial charge in [0.1, 0.15) is 0 Å². The molecule has 2 N–H and O–H groups in total. The lowest BCUT2D eigenvalue weighted by Crippen LogP contribution is -1.90. The Morgan fingerprint density at radius 3 is 2.94 bits per heavy atom. The van der Waals surface area contributed by atoms with Gasteiger partial charge in [-0.1, -0.05) is 30.3 Å². The fourth-order valence-electron chi connectivity index (χ4n) is 1.95. The molecule has 0 atom stereocenters. The van der Waals surface area contributed by atoms with Crippen LogP contribution in [0.3, 0.4) is 0 Å². The van der Waals surface area contributed by atoms with E-state index in [0.717, 1.165) is 22.6 Å². The van der Waals surface area contributed by atoms with Crippen LogP contribution in [0.15, 0.2) is 34.9 Å². The summed E-state index contributed by atoms with van der Waals surface area (Å²) >= 11 is 1.70. The minimum absolute atomic E-state index is 0.500. The van der Waals surface area contributed by atoms with E-state index in [-0.39, 0.29) is 0 Å². The summed E-state index contributed by atoms with van der Waals surface area (Å²) in [5.74, 6) is 1.31. The monoisotopic (exact) mass is 244 g/mol. The molecule has 1 aromatic carbocycles. The number of nitrogen functional groups attached to an aromatic ring is 1. The molecule has 2 aromatic heterocycles. The maximum Gasteiger partial charge on any atom is 0.182 e. The van der Waals surface area contributed by atoms with Crippen molar-refractivity contribution in [3.05, 3.63) is 35.9 Å². The lowest BCUT2D eigenvalue weighted by Gasteiger charge is -1.94. The first kappa shape index (κ1) is 10.4. The molecule has 0 unspecified atom stereocenters. The fraction of sp³-hybridized carbons (Fsp3) is 0.154. The number of anilines is 1. The van der Waals surface area contributed by atoms with Crippen molar-refractivity contribution in [1.82, 2.24) is 5.16 Å². The van der Waals surface area contributed by atoms with Crippen molar-refractivity contribution >= 4 is 27.2 Å². The first-order valence-corrected chi connectivity index (χ1v) is 6.34. The van der Waals surface area contributed by atoms with Gasteiger partial charge in [0.25, 0.3) is 0 Å². The number of hydrogen-bond donors (Lipinski definition) is 1. The highest BCUT2D eigenvalue weighted by Gasteiger charge is 2.16. The van der Waals surface area contributed by atoms with E-state index in [1.807, 2.05) is 12.1 Å². The molecule has 3 nitrogen and oxygen atoms in total. The van der Waals surface area contributed by atoms with Gasteiger partial charge >= 0.3 is 0 Å². The smallest absolute Gasteiger partial charge is 0.182 e. The maximum atomic E-state index is 5.78. The minimum atomic E-state index is 0.500. The van der Waals surface area contributed by atoms with Gasteiger partial charge in [-0.25, -0.2) is 0 Å². The topological polar surface area (TPSA) is 52.0 Å². The highest BCUT2D eigenvalue weighted by atomic mass is 32.1. The van der Waals surface area contributed by atoms with Crippen LogP contribution in [0.25, 0.3) is 20.7 Å². The Kier molecular flexibility index (Phi) is 2.37. The van der Waals surface area contributed by atoms with Crippen molar-refractivity contribution < 1.29 is 4.52 Å². The van der Waals surface area contributed by atoms with Gasteiger partial charge in [-0.2, -0.15) is 0 Å². The Labute approximate surface area is 103 Å². The molecule has 0 saturated carbocycles. The molecular formula is C13H12N2OS. The van der Waals surface area contributed by atoms with Gasteiger partial charge in [0.15, 0.2) is 11.6 Å². The molecule has 0 aliphatic rings. The lowest BCUT2D eigenvalue weighted by atomic mass is 10.1. The predicted octanol–water partition coefficient (Wildman–Crippen LogP) is 3.70. The molecule has 86 valence electrons. The second-order valence-electron chi connectivity index (χ2n) is 3.88. The summed E-state index contributed by atoms with van der Waals surface area (Å²) in [4.78, 5) is 1.09. The highest BCUT2D eigenvalue weighted by molar-refractivity contribution is 7.22. The number of fused-ring (bicyclic) bond motifs is 1. The predicted molar refractivity (Wildman–Crippen MR) is 71.1 cm³/mol. The highest BCUT2D eigenvalue weighted by Crippen LogP contribution is 2.36. The van der Waals surface area contributed by atoms with Gasteiger partial charge in [0.05, 0.1) is 4.88 Å². The van der Waals surface area contributed by atoms with Crippen LogP contribution in [0.2, 0.25) is 0 Å². The summed E-state index contributed by atoms with van der Waals surface area (Å²) < 4.78 is 6.59. The summed E-state index contributed by atoms with van der Waals surface area (Å²) in [6.45, 7) is 2.06. The largest absolute Gasteiger partial charge is 0.381 e. The molecule has 0 amide bonds. The zero-order chi connectivity index (χ0) is 11.8. The van der Waals surface area contributed by atoms with Crippen LogP contribution in [0.1, 0.15) is 12.5 Å². The first-order chi connectivity index (χ1) is 8.29. The van der Waals surface area contributed by atoms with E-state index in [4.69, 9.17) is 10.3 Å². The molecule has 3 rings (SSSR count). The molecule has 17 heavy (non-hydrogen) atoms. The van der Waals surface area contributed by atoms with Crippen LogP contribution in [0.5, 0.6) is 0 Å².